The Kier molecular flexibility index (Phi) is 31.6. The van der Waals surface area contributed by atoms with Crippen LogP contribution in [-0.4, -0.2) is 111 Å². The largest absolute Gasteiger partial charge is 0.481 e. The Hall–Kier alpha value is -5.87. The molecular formula is C53H69ClFN7O9S3. The normalized spacial score (nSPS) is 12.6. The number of fused-ring (bicyclic) bond motifs is 1. The van der Waals surface area contributed by atoms with Crippen molar-refractivity contribution in [2.24, 2.45) is 5.92 Å². The number of hydrogen-bond acceptors (Lipinski definition) is 13. The number of anilines is 1. The Labute approximate surface area is 458 Å². The van der Waals surface area contributed by atoms with Crippen LogP contribution in [0.2, 0.25) is 5.02 Å². The summed E-state index contributed by atoms with van der Waals surface area (Å²) in [5.41, 5.74) is 2.33. The van der Waals surface area contributed by atoms with Crippen molar-refractivity contribution >= 4 is 92.7 Å². The first-order valence-electron chi connectivity index (χ1n) is 23.0. The summed E-state index contributed by atoms with van der Waals surface area (Å²) in [5.74, 6) is -3.25. The molecule has 4 aromatic heterocycles. The van der Waals surface area contributed by atoms with Gasteiger partial charge in [0.25, 0.3) is 0 Å². The number of carbonyl (C=O) groups is 4. The second-order valence-corrected chi connectivity index (χ2v) is 17.7. The van der Waals surface area contributed by atoms with Gasteiger partial charge in [-0.05, 0) is 107 Å². The maximum Gasteiger partial charge on any atom is 0.412 e. The Morgan fingerprint density at radius 1 is 0.757 bits per heavy atom. The van der Waals surface area contributed by atoms with Crippen molar-refractivity contribution in [1.29, 1.82) is 0 Å². The molecular weight excluding hydrogens is 1030 g/mol. The van der Waals surface area contributed by atoms with Crippen molar-refractivity contribution in [2.45, 2.75) is 83.5 Å². The Bertz CT molecular complexity index is 2570. The summed E-state index contributed by atoms with van der Waals surface area (Å²) in [6, 6.07) is 29.9. The van der Waals surface area contributed by atoms with Gasteiger partial charge in [-0.3, -0.25) is 39.6 Å². The van der Waals surface area contributed by atoms with Crippen LogP contribution in [0.25, 0.3) is 10.8 Å². The molecule has 1 fully saturated rings. The van der Waals surface area contributed by atoms with Gasteiger partial charge in [0.1, 0.15) is 29.9 Å². The second-order valence-electron chi connectivity index (χ2n) is 17.3. The molecule has 402 valence electrons. The third-order valence-electron chi connectivity index (χ3n) is 10.5. The van der Waals surface area contributed by atoms with E-state index in [0.717, 1.165) is 35.4 Å². The van der Waals surface area contributed by atoms with E-state index >= 15 is 0 Å². The number of likely N-dealkylation sites (N-methyl/N-ethyl adjacent to an activating group) is 2. The molecule has 4 N–H and O–H groups in total. The molecule has 0 spiro atoms. The lowest BCUT2D eigenvalue weighted by Crippen LogP contribution is -2.38. The van der Waals surface area contributed by atoms with Crippen LogP contribution in [-0.2, 0) is 54.4 Å². The Morgan fingerprint density at radius 2 is 1.31 bits per heavy atom. The van der Waals surface area contributed by atoms with Crippen molar-refractivity contribution in [3.8, 4) is 0 Å². The number of carbonyl (C=O) groups excluding carboxylic acids is 2. The van der Waals surface area contributed by atoms with E-state index in [2.05, 4.69) is 30.6 Å². The van der Waals surface area contributed by atoms with Crippen molar-refractivity contribution in [2.75, 3.05) is 39.2 Å². The quantitative estimate of drug-likeness (QED) is 0.0627. The molecule has 21 heteroatoms. The number of halogens is 2. The van der Waals surface area contributed by atoms with Gasteiger partial charge in [-0.2, -0.15) is 40.5 Å². The molecule has 1 aliphatic heterocycles. The smallest absolute Gasteiger partial charge is 0.412 e. The number of benzene rings is 2. The summed E-state index contributed by atoms with van der Waals surface area (Å²) < 4.78 is 29.5. The first-order chi connectivity index (χ1) is 34.0. The number of aromatic nitrogens is 4. The highest BCUT2D eigenvalue weighted by molar-refractivity contribution is 7.59. The number of carboxylic acids is 2. The molecule has 74 heavy (non-hydrogen) atoms. The van der Waals surface area contributed by atoms with Gasteiger partial charge in [-0.15, -0.1) is 0 Å². The van der Waals surface area contributed by atoms with Gasteiger partial charge in [0.05, 0.1) is 17.4 Å². The zero-order valence-electron chi connectivity index (χ0n) is 42.2. The Morgan fingerprint density at radius 3 is 1.81 bits per heavy atom. The van der Waals surface area contributed by atoms with E-state index in [1.54, 1.807) is 95.1 Å². The zero-order chi connectivity index (χ0) is 51.6. The van der Waals surface area contributed by atoms with Crippen molar-refractivity contribution in [3.63, 3.8) is 0 Å². The molecule has 1 aliphatic rings. The van der Waals surface area contributed by atoms with Gasteiger partial charge >= 0.3 is 24.0 Å². The molecule has 2 aromatic carbocycles. The molecule has 0 saturated carbocycles. The SMILES string of the molecule is C1CCOC1.CC(C)(C)OC(=O)C[C@@H](Cc1ccccn1)C(=O)O.CN(Cc1cccc(F)c1Cl)[C@H](COC(=O)Nc1cc2ccccc2cn1)Cc1ccccn1.CN[C@@H](Cc1ccccn1)C(=O)O.S.S.S. The zero-order valence-corrected chi connectivity index (χ0v) is 45.9. The lowest BCUT2D eigenvalue weighted by molar-refractivity contribution is -0.159. The first-order valence-corrected chi connectivity index (χ1v) is 23.4. The van der Waals surface area contributed by atoms with Crippen LogP contribution in [0.3, 0.4) is 0 Å². The van der Waals surface area contributed by atoms with E-state index in [1.165, 1.54) is 18.9 Å². The first kappa shape index (κ1) is 66.1. The van der Waals surface area contributed by atoms with Crippen LogP contribution in [0, 0.1) is 11.7 Å². The van der Waals surface area contributed by atoms with Crippen LogP contribution in [0.4, 0.5) is 15.0 Å². The summed E-state index contributed by atoms with van der Waals surface area (Å²) in [5, 5.41) is 25.3. The minimum absolute atomic E-state index is 0. The number of pyridine rings is 4. The van der Waals surface area contributed by atoms with Gasteiger partial charge < -0.3 is 29.7 Å². The molecule has 5 heterocycles. The van der Waals surface area contributed by atoms with E-state index in [-0.39, 0.29) is 71.0 Å². The third kappa shape index (κ3) is 25.4. The van der Waals surface area contributed by atoms with Crippen LogP contribution < -0.4 is 10.6 Å². The summed E-state index contributed by atoms with van der Waals surface area (Å²) in [6.45, 7) is 7.73. The highest BCUT2D eigenvalue weighted by Crippen LogP contribution is 2.23. The monoisotopic (exact) mass is 1100 g/mol. The number of esters is 1. The molecule has 3 atom stereocenters. The lowest BCUT2D eigenvalue weighted by Gasteiger charge is -2.28. The Balaban J connectivity index is 0.000000576. The third-order valence-corrected chi connectivity index (χ3v) is 10.9. The summed E-state index contributed by atoms with van der Waals surface area (Å²) in [4.78, 5) is 64.7. The van der Waals surface area contributed by atoms with Crippen molar-refractivity contribution < 1.29 is 48.0 Å². The average molecular weight is 1100 g/mol. The van der Waals surface area contributed by atoms with E-state index in [4.69, 9.17) is 36.0 Å². The molecule has 16 nitrogen and oxygen atoms in total. The number of carboxylic acid groups (broad SMARTS) is 2. The fourth-order valence-corrected chi connectivity index (χ4v) is 6.97. The molecule has 0 radical (unpaired) electrons. The average Bonchev–Trinajstić information content (AvgIpc) is 3.95. The summed E-state index contributed by atoms with van der Waals surface area (Å²) in [7, 11) is 3.50. The van der Waals surface area contributed by atoms with Gasteiger partial charge in [-0.1, -0.05) is 66.2 Å². The van der Waals surface area contributed by atoms with E-state index < -0.39 is 47.4 Å². The fraction of sp³-hybridized carbons (Fsp3) is 0.358. The van der Waals surface area contributed by atoms with E-state index in [1.807, 2.05) is 66.5 Å². The number of amides is 1. The van der Waals surface area contributed by atoms with E-state index in [0.29, 0.717) is 36.5 Å². The predicted molar refractivity (Wildman–Crippen MR) is 300 cm³/mol. The van der Waals surface area contributed by atoms with E-state index in [9.17, 15) is 23.6 Å². The minimum Gasteiger partial charge on any atom is -0.481 e. The number of ether oxygens (including phenoxy) is 3. The maximum atomic E-state index is 13.9. The second kappa shape index (κ2) is 35.4. The highest BCUT2D eigenvalue weighted by Gasteiger charge is 2.26. The topological polar surface area (TPSA) is 215 Å². The van der Waals surface area contributed by atoms with Gasteiger partial charge in [-0.25, -0.2) is 14.2 Å². The maximum absolute atomic E-state index is 13.9. The van der Waals surface area contributed by atoms with Gasteiger partial charge in [0.2, 0.25) is 0 Å². The highest BCUT2D eigenvalue weighted by atomic mass is 35.5. The molecule has 7 rings (SSSR count). The van der Waals surface area contributed by atoms with Crippen LogP contribution >= 0.6 is 52.1 Å². The molecule has 0 unspecified atom stereocenters. The van der Waals surface area contributed by atoms with Gasteiger partial charge in [0.15, 0.2) is 0 Å². The fourth-order valence-electron chi connectivity index (χ4n) is 6.79. The van der Waals surface area contributed by atoms with Gasteiger partial charge in [0, 0.05) is 92.3 Å². The number of rotatable bonds is 17. The van der Waals surface area contributed by atoms with Crippen LogP contribution in [0.5, 0.6) is 0 Å². The molecule has 0 aliphatic carbocycles. The molecule has 6 aromatic rings. The number of nitrogens with one attached hydrogen (secondary N) is 2. The van der Waals surface area contributed by atoms with Crippen LogP contribution in [0.15, 0.2) is 128 Å². The molecule has 0 bridgehead atoms. The van der Waals surface area contributed by atoms with Crippen molar-refractivity contribution in [3.05, 3.63) is 161 Å². The lowest BCUT2D eigenvalue weighted by atomic mass is 9.99. The summed E-state index contributed by atoms with van der Waals surface area (Å²) >= 11 is 6.15. The number of aliphatic carboxylic acids is 2. The van der Waals surface area contributed by atoms with Crippen molar-refractivity contribution in [1.82, 2.24) is 30.2 Å². The van der Waals surface area contributed by atoms with Crippen LogP contribution in [0.1, 0.15) is 62.7 Å². The number of hydrogen-bond donors (Lipinski definition) is 4. The molecule has 1 saturated heterocycles. The predicted octanol–water partition coefficient (Wildman–Crippen LogP) is 9.20. The number of nitrogens with zero attached hydrogens (tertiary/aromatic N) is 5. The standard InChI is InChI=1S/C26H24ClFN4O2.C14H19NO4.C9H12N2O2.C4H8O.3H2S/c1-32(16-20-9-6-11-23(28)25(20)27)22(14-21-10-4-5-12-29-21)17-34-26(33)31-24-13-18-7-2-3-8-19(18)15-30-24;1-14(2,3)19-12(16)9-10(13(17)18)8-11-6-4-5-7-15-11;1-10-8(9(12)13)6-7-4-2-3-5-11-7;1-2-4-5-3-1;;;/h2-13,15,22H,14,16-17H2,1H3,(H,30,31,33);4-7,10H,8-9H2,1-3H3,(H,17,18);2-5,8,10H,6H2,1H3,(H,12,13);1-4H2;3*1H2/t22-;10-;8-;;;;/m010..../s1. The summed E-state index contributed by atoms with van der Waals surface area (Å²) in [6.07, 6.45) is 9.63. The minimum atomic E-state index is -1.02. The molecule has 1 amide bonds.